The molecule has 1 aromatic carbocycles. The third-order valence-electron chi connectivity index (χ3n) is 5.10. The third kappa shape index (κ3) is 5.59. The van der Waals surface area contributed by atoms with Gasteiger partial charge in [-0.25, -0.2) is 4.98 Å². The van der Waals surface area contributed by atoms with E-state index in [1.165, 1.54) is 6.07 Å². The number of anilines is 3. The average Bonchev–Trinajstić information content (AvgIpc) is 2.68. The number of nitrogens with one attached hydrogen (secondary N) is 1. The highest BCUT2D eigenvalue weighted by Gasteiger charge is 2.30. The Labute approximate surface area is 169 Å². The van der Waals surface area contributed by atoms with Gasteiger partial charge in [-0.15, -0.1) is 0 Å². The summed E-state index contributed by atoms with van der Waals surface area (Å²) in [4.78, 5) is 11.3. The molecule has 0 aliphatic carbocycles. The summed E-state index contributed by atoms with van der Waals surface area (Å²) in [7, 11) is 0. The van der Waals surface area contributed by atoms with Crippen LogP contribution in [0.3, 0.4) is 0 Å². The van der Waals surface area contributed by atoms with E-state index in [-0.39, 0.29) is 12.6 Å². The number of aromatic nitrogens is 2. The first-order valence-corrected chi connectivity index (χ1v) is 10.1. The van der Waals surface area contributed by atoms with Crippen molar-refractivity contribution in [1.82, 2.24) is 9.97 Å². The molecule has 158 valence electrons. The Balaban J connectivity index is 1.91. The molecule has 1 saturated heterocycles. The molecule has 1 unspecified atom stereocenters. The second-order valence-electron chi connectivity index (χ2n) is 7.35. The lowest BCUT2D eigenvalue weighted by Gasteiger charge is -2.36. The molecule has 3 rings (SSSR count). The van der Waals surface area contributed by atoms with Crippen LogP contribution in [0.5, 0.6) is 0 Å². The molecular formula is C21H27F3N4O. The Morgan fingerprint density at radius 1 is 1.21 bits per heavy atom. The van der Waals surface area contributed by atoms with Gasteiger partial charge in [-0.2, -0.15) is 18.2 Å². The Morgan fingerprint density at radius 2 is 2.03 bits per heavy atom. The van der Waals surface area contributed by atoms with Gasteiger partial charge in [0.05, 0.1) is 5.56 Å². The van der Waals surface area contributed by atoms with E-state index in [1.54, 1.807) is 6.07 Å². The van der Waals surface area contributed by atoms with Gasteiger partial charge in [-0.3, -0.25) is 0 Å². The van der Waals surface area contributed by atoms with Crippen molar-refractivity contribution < 1.29 is 18.3 Å². The van der Waals surface area contributed by atoms with Crippen molar-refractivity contribution >= 4 is 17.5 Å². The molecule has 0 saturated carbocycles. The predicted octanol–water partition coefficient (Wildman–Crippen LogP) is 4.93. The van der Waals surface area contributed by atoms with E-state index in [0.717, 1.165) is 62.3 Å². The zero-order valence-corrected chi connectivity index (χ0v) is 16.5. The number of aliphatic hydroxyl groups excluding tert-OH is 1. The summed E-state index contributed by atoms with van der Waals surface area (Å²) in [6.07, 6.45) is 1.08. The summed E-state index contributed by atoms with van der Waals surface area (Å²) in [5.41, 5.74) is 0.428. The maximum Gasteiger partial charge on any atom is 0.416 e. The average molecular weight is 408 g/mol. The number of halogens is 3. The van der Waals surface area contributed by atoms with Gasteiger partial charge in [0.2, 0.25) is 5.95 Å². The molecule has 1 atom stereocenters. The summed E-state index contributed by atoms with van der Waals surface area (Å²) in [6.45, 7) is 3.01. The molecule has 0 radical (unpaired) electrons. The van der Waals surface area contributed by atoms with E-state index in [0.29, 0.717) is 18.1 Å². The van der Waals surface area contributed by atoms with Gasteiger partial charge in [0.15, 0.2) is 0 Å². The molecule has 1 aromatic heterocycles. The summed E-state index contributed by atoms with van der Waals surface area (Å²) in [5.74, 6) is 1.05. The number of benzene rings is 1. The van der Waals surface area contributed by atoms with Crippen LogP contribution in [0.15, 0.2) is 30.3 Å². The number of hydrogen-bond acceptors (Lipinski definition) is 5. The summed E-state index contributed by atoms with van der Waals surface area (Å²) < 4.78 is 39.0. The van der Waals surface area contributed by atoms with Gasteiger partial charge in [-0.1, -0.05) is 19.4 Å². The SMILES string of the molecule is CCCc1cc(N2CCCCC2CCO)nc(Nc2cccc(C(F)(F)F)c2)n1. The molecular weight excluding hydrogens is 381 g/mol. The normalized spacial score (nSPS) is 17.4. The van der Waals surface area contributed by atoms with Crippen molar-refractivity contribution in [2.75, 3.05) is 23.4 Å². The van der Waals surface area contributed by atoms with Crippen LogP contribution < -0.4 is 10.2 Å². The standard InChI is InChI=1S/C21H27F3N4O/c1-2-6-16-14-19(28-11-4-3-9-18(28)10-12-29)27-20(25-16)26-17-8-5-7-15(13-17)21(22,23)24/h5,7-8,13-14,18,29H,2-4,6,9-12H2,1H3,(H,25,26,27). The fourth-order valence-corrected chi connectivity index (χ4v) is 3.72. The quantitative estimate of drug-likeness (QED) is 0.680. The fourth-order valence-electron chi connectivity index (χ4n) is 3.72. The summed E-state index contributed by atoms with van der Waals surface area (Å²) in [6, 6.07) is 7.20. The van der Waals surface area contributed by atoms with Gasteiger partial charge in [-0.05, 0) is 50.3 Å². The number of alkyl halides is 3. The van der Waals surface area contributed by atoms with Crippen molar-refractivity contribution in [2.45, 2.75) is 57.7 Å². The third-order valence-corrected chi connectivity index (χ3v) is 5.10. The lowest BCUT2D eigenvalue weighted by Crippen LogP contribution is -2.40. The fraction of sp³-hybridized carbons (Fsp3) is 0.524. The molecule has 0 bridgehead atoms. The van der Waals surface area contributed by atoms with Gasteiger partial charge < -0.3 is 15.3 Å². The van der Waals surface area contributed by atoms with E-state index in [4.69, 9.17) is 0 Å². The maximum absolute atomic E-state index is 13.0. The molecule has 8 heteroatoms. The first kappa shape index (κ1) is 21.4. The Kier molecular flexibility index (Phi) is 6.95. The van der Waals surface area contributed by atoms with Crippen LogP contribution in [0.25, 0.3) is 0 Å². The van der Waals surface area contributed by atoms with E-state index < -0.39 is 11.7 Å². The molecule has 2 N–H and O–H groups in total. The predicted molar refractivity (Wildman–Crippen MR) is 107 cm³/mol. The smallest absolute Gasteiger partial charge is 0.396 e. The molecule has 0 spiro atoms. The first-order valence-electron chi connectivity index (χ1n) is 10.1. The number of piperidine rings is 1. The van der Waals surface area contributed by atoms with Crippen LogP contribution in [0.4, 0.5) is 30.6 Å². The van der Waals surface area contributed by atoms with Crippen molar-refractivity contribution in [3.05, 3.63) is 41.6 Å². The molecule has 5 nitrogen and oxygen atoms in total. The second kappa shape index (κ2) is 9.43. The molecule has 1 aliphatic rings. The molecule has 1 aliphatic heterocycles. The highest BCUT2D eigenvalue weighted by atomic mass is 19.4. The van der Waals surface area contributed by atoms with Crippen LogP contribution in [0.2, 0.25) is 0 Å². The Bertz CT molecular complexity index is 811. The minimum absolute atomic E-state index is 0.114. The summed E-state index contributed by atoms with van der Waals surface area (Å²) in [5, 5.41) is 12.3. The van der Waals surface area contributed by atoms with Crippen LogP contribution in [0.1, 0.15) is 50.3 Å². The van der Waals surface area contributed by atoms with E-state index in [1.807, 2.05) is 6.07 Å². The topological polar surface area (TPSA) is 61.3 Å². The largest absolute Gasteiger partial charge is 0.416 e. The first-order chi connectivity index (χ1) is 13.9. The lowest BCUT2D eigenvalue weighted by atomic mass is 9.99. The van der Waals surface area contributed by atoms with Crippen molar-refractivity contribution in [2.24, 2.45) is 0 Å². The number of nitrogens with zero attached hydrogens (tertiary/aromatic N) is 3. The highest BCUT2D eigenvalue weighted by molar-refractivity contribution is 5.57. The molecule has 29 heavy (non-hydrogen) atoms. The van der Waals surface area contributed by atoms with E-state index in [2.05, 4.69) is 27.1 Å². The van der Waals surface area contributed by atoms with Crippen LogP contribution >= 0.6 is 0 Å². The molecule has 0 amide bonds. The zero-order chi connectivity index (χ0) is 20.9. The number of hydrogen-bond donors (Lipinski definition) is 2. The number of aryl methyl sites for hydroxylation is 1. The van der Waals surface area contributed by atoms with Crippen molar-refractivity contribution in [3.8, 4) is 0 Å². The number of aliphatic hydroxyl groups is 1. The minimum Gasteiger partial charge on any atom is -0.396 e. The molecule has 2 aromatic rings. The molecule has 2 heterocycles. The maximum atomic E-state index is 13.0. The monoisotopic (exact) mass is 408 g/mol. The van der Waals surface area contributed by atoms with Crippen molar-refractivity contribution in [1.29, 1.82) is 0 Å². The summed E-state index contributed by atoms with van der Waals surface area (Å²) >= 11 is 0. The van der Waals surface area contributed by atoms with Crippen LogP contribution in [-0.4, -0.2) is 34.3 Å². The van der Waals surface area contributed by atoms with Gasteiger partial charge in [0.25, 0.3) is 0 Å². The second-order valence-corrected chi connectivity index (χ2v) is 7.35. The van der Waals surface area contributed by atoms with E-state index in [9.17, 15) is 18.3 Å². The van der Waals surface area contributed by atoms with Gasteiger partial charge >= 0.3 is 6.18 Å². The minimum atomic E-state index is -4.40. The highest BCUT2D eigenvalue weighted by Crippen LogP contribution is 2.32. The Hall–Kier alpha value is -2.35. The zero-order valence-electron chi connectivity index (χ0n) is 16.5. The van der Waals surface area contributed by atoms with Crippen LogP contribution in [0, 0.1) is 0 Å². The van der Waals surface area contributed by atoms with E-state index >= 15 is 0 Å². The molecule has 1 fully saturated rings. The number of rotatable bonds is 7. The van der Waals surface area contributed by atoms with Crippen LogP contribution in [-0.2, 0) is 12.6 Å². The van der Waals surface area contributed by atoms with Crippen molar-refractivity contribution in [3.63, 3.8) is 0 Å². The Morgan fingerprint density at radius 3 is 2.76 bits per heavy atom. The van der Waals surface area contributed by atoms with Gasteiger partial charge in [0.1, 0.15) is 5.82 Å². The van der Waals surface area contributed by atoms with Gasteiger partial charge in [0, 0.05) is 36.6 Å². The lowest BCUT2D eigenvalue weighted by molar-refractivity contribution is -0.137.